The number of nitrogens with one attached hydrogen (secondary N) is 2. The molecular weight excluding hydrogens is 358 g/mol. The van der Waals surface area contributed by atoms with Gasteiger partial charge in [-0.2, -0.15) is 0 Å². The number of hydrazine groups is 1. The van der Waals surface area contributed by atoms with Crippen molar-refractivity contribution in [3.8, 4) is 23.0 Å². The Hall–Kier alpha value is -2.88. The molecule has 0 aliphatic rings. The van der Waals surface area contributed by atoms with E-state index in [1.54, 1.807) is 56.8 Å². The summed E-state index contributed by atoms with van der Waals surface area (Å²) in [5.41, 5.74) is 3.93. The zero-order valence-corrected chi connectivity index (χ0v) is 14.9. The third-order valence-corrected chi connectivity index (χ3v) is 3.85. The van der Waals surface area contributed by atoms with Gasteiger partial charge in [0.15, 0.2) is 11.5 Å². The zero-order valence-electron chi connectivity index (χ0n) is 14.1. The fourth-order valence-corrected chi connectivity index (χ4v) is 2.58. The molecule has 1 unspecified atom stereocenters. The number of methoxy groups -OCH3 is 2. The van der Waals surface area contributed by atoms with Crippen LogP contribution in [0.25, 0.3) is 10.9 Å². The van der Waals surface area contributed by atoms with E-state index < -0.39 is 11.3 Å². The lowest BCUT2D eigenvalue weighted by Gasteiger charge is -2.12. The number of aromatic nitrogens is 1. The first kappa shape index (κ1) is 17.9. The molecule has 0 spiro atoms. The highest BCUT2D eigenvalue weighted by atomic mass is 32.2. The van der Waals surface area contributed by atoms with E-state index in [1.807, 2.05) is 6.07 Å². The standard InChI is InChI=1S/C17H17N3O5S/c1-23-16-9-13-14(10-17(16)24-2)18-8-7-15(13)25-12-5-3-11(4-6-12)19-20-26(21)22/h3-10,19-20H,1-2H3,(H,21,22). The van der Waals surface area contributed by atoms with Crippen molar-refractivity contribution in [2.45, 2.75) is 0 Å². The minimum Gasteiger partial charge on any atom is -0.493 e. The van der Waals surface area contributed by atoms with Gasteiger partial charge in [0.1, 0.15) is 11.5 Å². The maximum absolute atomic E-state index is 10.6. The van der Waals surface area contributed by atoms with Crippen molar-refractivity contribution in [3.63, 3.8) is 0 Å². The minimum atomic E-state index is -2.15. The molecule has 0 aliphatic heterocycles. The molecule has 0 amide bonds. The summed E-state index contributed by atoms with van der Waals surface area (Å²) in [5, 5.41) is 0.782. The van der Waals surface area contributed by atoms with Crippen LogP contribution in [0.4, 0.5) is 5.69 Å². The first-order chi connectivity index (χ1) is 12.6. The summed E-state index contributed by atoms with van der Waals surface area (Å²) >= 11 is -2.15. The number of benzene rings is 2. The molecule has 0 fully saturated rings. The van der Waals surface area contributed by atoms with Crippen LogP contribution in [0, 0.1) is 0 Å². The number of nitrogens with zero attached hydrogens (tertiary/aromatic N) is 1. The van der Waals surface area contributed by atoms with Crippen LogP contribution in [0.1, 0.15) is 0 Å². The van der Waals surface area contributed by atoms with Gasteiger partial charge in [0, 0.05) is 17.6 Å². The Kier molecular flexibility index (Phi) is 5.52. The monoisotopic (exact) mass is 375 g/mol. The number of fused-ring (bicyclic) bond motifs is 1. The molecule has 2 aromatic carbocycles. The largest absolute Gasteiger partial charge is 0.493 e. The third-order valence-electron chi connectivity index (χ3n) is 3.57. The normalized spacial score (nSPS) is 11.8. The van der Waals surface area contributed by atoms with Gasteiger partial charge in [-0.3, -0.25) is 9.54 Å². The molecule has 3 rings (SSSR count). The maximum Gasteiger partial charge on any atom is 0.250 e. The molecule has 8 nitrogen and oxygen atoms in total. The van der Waals surface area contributed by atoms with Gasteiger partial charge in [-0.25, -0.2) is 4.21 Å². The molecule has 0 bridgehead atoms. The fourth-order valence-electron chi connectivity index (χ4n) is 2.37. The smallest absolute Gasteiger partial charge is 0.250 e. The highest BCUT2D eigenvalue weighted by Crippen LogP contribution is 2.36. The van der Waals surface area contributed by atoms with Crippen LogP contribution in [0.15, 0.2) is 48.7 Å². The molecule has 3 aromatic rings. The van der Waals surface area contributed by atoms with Crippen molar-refractivity contribution >= 4 is 27.9 Å². The Morgan fingerprint density at radius 2 is 1.69 bits per heavy atom. The summed E-state index contributed by atoms with van der Waals surface area (Å²) in [4.78, 5) is 6.52. The van der Waals surface area contributed by atoms with Crippen molar-refractivity contribution in [2.75, 3.05) is 19.6 Å². The highest BCUT2D eigenvalue weighted by molar-refractivity contribution is 7.77. The summed E-state index contributed by atoms with van der Waals surface area (Å²) in [6.45, 7) is 0. The number of anilines is 1. The van der Waals surface area contributed by atoms with Gasteiger partial charge in [0.25, 0.3) is 0 Å². The van der Waals surface area contributed by atoms with E-state index in [0.29, 0.717) is 34.2 Å². The second-order valence-corrected chi connectivity index (χ2v) is 5.84. The van der Waals surface area contributed by atoms with Crippen LogP contribution in [0.3, 0.4) is 0 Å². The van der Waals surface area contributed by atoms with Crippen LogP contribution in [0.5, 0.6) is 23.0 Å². The van der Waals surface area contributed by atoms with Crippen LogP contribution < -0.4 is 24.5 Å². The van der Waals surface area contributed by atoms with Crippen molar-refractivity contribution in [3.05, 3.63) is 48.7 Å². The second-order valence-electron chi connectivity index (χ2n) is 5.14. The Bertz CT molecular complexity index is 934. The quantitative estimate of drug-likeness (QED) is 0.431. The van der Waals surface area contributed by atoms with E-state index in [1.165, 1.54) is 0 Å². The van der Waals surface area contributed by atoms with Crippen LogP contribution in [-0.2, 0) is 11.3 Å². The van der Waals surface area contributed by atoms with E-state index >= 15 is 0 Å². The zero-order chi connectivity index (χ0) is 18.5. The average Bonchev–Trinajstić information content (AvgIpc) is 2.66. The minimum absolute atomic E-state index is 0.584. The van der Waals surface area contributed by atoms with E-state index in [0.717, 1.165) is 5.39 Å². The first-order valence-corrected chi connectivity index (χ1v) is 8.62. The lowest BCUT2D eigenvalue weighted by molar-refractivity contribution is 0.355. The van der Waals surface area contributed by atoms with Gasteiger partial charge >= 0.3 is 0 Å². The number of rotatable bonds is 7. The van der Waals surface area contributed by atoms with Gasteiger partial charge in [-0.1, -0.05) is 0 Å². The summed E-state index contributed by atoms with van der Waals surface area (Å²) in [7, 11) is 3.14. The van der Waals surface area contributed by atoms with Crippen LogP contribution in [0.2, 0.25) is 0 Å². The van der Waals surface area contributed by atoms with Gasteiger partial charge in [0.05, 0.1) is 25.4 Å². The van der Waals surface area contributed by atoms with Crippen molar-refractivity contribution < 1.29 is 23.0 Å². The van der Waals surface area contributed by atoms with Crippen LogP contribution in [-0.4, -0.2) is 28.0 Å². The molecule has 0 radical (unpaired) electrons. The molecule has 0 saturated carbocycles. The molecule has 3 N–H and O–H groups in total. The number of hydrogen-bond acceptors (Lipinski definition) is 6. The van der Waals surface area contributed by atoms with E-state index in [2.05, 4.69) is 15.2 Å². The molecule has 26 heavy (non-hydrogen) atoms. The Labute approximate surface area is 152 Å². The summed E-state index contributed by atoms with van der Waals surface area (Å²) in [6, 6.07) is 12.2. The van der Waals surface area contributed by atoms with E-state index in [-0.39, 0.29) is 0 Å². The number of pyridine rings is 1. The van der Waals surface area contributed by atoms with Gasteiger partial charge in [0.2, 0.25) is 11.3 Å². The molecule has 136 valence electrons. The van der Waals surface area contributed by atoms with Crippen molar-refractivity contribution in [1.82, 2.24) is 9.82 Å². The van der Waals surface area contributed by atoms with Gasteiger partial charge < -0.3 is 19.6 Å². The van der Waals surface area contributed by atoms with E-state index in [4.69, 9.17) is 18.8 Å². The topological polar surface area (TPSA) is 102 Å². The molecule has 0 aliphatic carbocycles. The molecule has 9 heteroatoms. The predicted molar refractivity (Wildman–Crippen MR) is 98.9 cm³/mol. The fraction of sp³-hybridized carbons (Fsp3) is 0.118. The highest BCUT2D eigenvalue weighted by Gasteiger charge is 2.11. The van der Waals surface area contributed by atoms with Gasteiger partial charge in [-0.05, 0) is 36.4 Å². The predicted octanol–water partition coefficient (Wildman–Crippen LogP) is 3.10. The number of ether oxygens (including phenoxy) is 3. The van der Waals surface area contributed by atoms with Crippen molar-refractivity contribution in [2.24, 2.45) is 0 Å². The Morgan fingerprint density at radius 1 is 1.00 bits per heavy atom. The summed E-state index contributed by atoms with van der Waals surface area (Å²) < 4.78 is 35.9. The molecular formula is C17H17N3O5S. The Balaban J connectivity index is 1.87. The molecule has 1 heterocycles. The average molecular weight is 375 g/mol. The first-order valence-electron chi connectivity index (χ1n) is 7.52. The number of hydrogen-bond donors (Lipinski definition) is 3. The maximum atomic E-state index is 10.6. The third kappa shape index (κ3) is 4.02. The van der Waals surface area contributed by atoms with Crippen molar-refractivity contribution in [1.29, 1.82) is 0 Å². The van der Waals surface area contributed by atoms with Gasteiger partial charge in [-0.15, -0.1) is 4.83 Å². The van der Waals surface area contributed by atoms with Crippen LogP contribution >= 0.6 is 0 Å². The lowest BCUT2D eigenvalue weighted by Crippen LogP contribution is -2.23. The molecule has 0 saturated heterocycles. The summed E-state index contributed by atoms with van der Waals surface area (Å²) in [5.74, 6) is 2.39. The molecule has 1 aromatic heterocycles. The Morgan fingerprint density at radius 3 is 2.35 bits per heavy atom. The lowest BCUT2D eigenvalue weighted by atomic mass is 10.2. The summed E-state index contributed by atoms with van der Waals surface area (Å²) in [6.07, 6.45) is 1.65. The second kappa shape index (κ2) is 8.00. The SMILES string of the molecule is COc1cc2nccc(Oc3ccc(NNS(=O)O)cc3)c2cc1OC. The molecule has 1 atom stereocenters. The van der Waals surface area contributed by atoms with E-state index in [9.17, 15) is 4.21 Å².